The summed E-state index contributed by atoms with van der Waals surface area (Å²) in [4.78, 5) is 12.4. The van der Waals surface area contributed by atoms with Crippen LogP contribution in [0.15, 0.2) is 54.6 Å². The van der Waals surface area contributed by atoms with Crippen LogP contribution >= 0.6 is 0 Å². The molecule has 1 heterocycles. The first-order valence-electron chi connectivity index (χ1n) is 6.69. The van der Waals surface area contributed by atoms with Gasteiger partial charge in [-0.2, -0.15) is 5.26 Å². The van der Waals surface area contributed by atoms with E-state index in [0.717, 1.165) is 5.56 Å². The third kappa shape index (κ3) is 2.51. The quantitative estimate of drug-likeness (QED) is 0.936. The number of nitriles is 1. The summed E-state index contributed by atoms with van der Waals surface area (Å²) >= 11 is 0. The molecule has 3 rings (SSSR count). The topological polar surface area (TPSA) is 62.1 Å². The summed E-state index contributed by atoms with van der Waals surface area (Å²) in [6.07, 6.45) is 0. The van der Waals surface area contributed by atoms with E-state index in [1.54, 1.807) is 24.3 Å². The Kier molecular flexibility index (Phi) is 3.43. The van der Waals surface area contributed by atoms with Crippen LogP contribution in [0, 0.1) is 11.3 Å². The molecule has 1 saturated heterocycles. The zero-order valence-electron chi connectivity index (χ0n) is 11.4. The van der Waals surface area contributed by atoms with Gasteiger partial charge in [0, 0.05) is 5.56 Å². The van der Waals surface area contributed by atoms with E-state index in [2.05, 4.69) is 5.32 Å². The number of ether oxygens (including phenoxy) is 1. The van der Waals surface area contributed by atoms with Gasteiger partial charge >= 0.3 is 0 Å². The standard InChI is InChI=1S/C17H14N2O2/c18-10-13-6-8-14(9-7-13)16(20)19-17(11-21-12-17)15-4-2-1-3-5-15/h1-9H,11-12H2,(H,19,20). The van der Waals surface area contributed by atoms with Crippen LogP contribution in [0.1, 0.15) is 21.5 Å². The number of rotatable bonds is 3. The lowest BCUT2D eigenvalue weighted by Gasteiger charge is -2.42. The minimum atomic E-state index is -0.452. The highest BCUT2D eigenvalue weighted by atomic mass is 16.5. The van der Waals surface area contributed by atoms with Crippen molar-refractivity contribution < 1.29 is 9.53 Å². The largest absolute Gasteiger partial charge is 0.376 e. The van der Waals surface area contributed by atoms with E-state index in [9.17, 15) is 4.79 Å². The smallest absolute Gasteiger partial charge is 0.252 e. The molecule has 0 bridgehead atoms. The van der Waals surface area contributed by atoms with E-state index in [-0.39, 0.29) is 5.91 Å². The van der Waals surface area contributed by atoms with Crippen molar-refractivity contribution in [1.29, 1.82) is 5.26 Å². The van der Waals surface area contributed by atoms with Gasteiger partial charge in [0.25, 0.3) is 5.91 Å². The summed E-state index contributed by atoms with van der Waals surface area (Å²) in [6.45, 7) is 0.943. The van der Waals surface area contributed by atoms with Crippen LogP contribution in [0.3, 0.4) is 0 Å². The first-order chi connectivity index (χ1) is 10.2. The predicted molar refractivity (Wildman–Crippen MR) is 77.6 cm³/mol. The molecule has 1 aliphatic rings. The predicted octanol–water partition coefficient (Wildman–Crippen LogP) is 2.21. The lowest BCUT2D eigenvalue weighted by molar-refractivity contribution is -0.0733. The second-order valence-corrected chi connectivity index (χ2v) is 5.08. The first-order valence-corrected chi connectivity index (χ1v) is 6.69. The molecule has 4 nitrogen and oxygen atoms in total. The summed E-state index contributed by atoms with van der Waals surface area (Å²) in [6, 6.07) is 18.5. The zero-order chi connectivity index (χ0) is 14.7. The van der Waals surface area contributed by atoms with Crippen LogP contribution in [0.5, 0.6) is 0 Å². The fraction of sp³-hybridized carbons (Fsp3) is 0.176. The lowest BCUT2D eigenvalue weighted by Crippen LogP contribution is -2.59. The average Bonchev–Trinajstić information content (AvgIpc) is 2.51. The van der Waals surface area contributed by atoms with E-state index >= 15 is 0 Å². The fourth-order valence-corrected chi connectivity index (χ4v) is 2.36. The highest BCUT2D eigenvalue weighted by Crippen LogP contribution is 2.29. The van der Waals surface area contributed by atoms with Gasteiger partial charge in [-0.05, 0) is 29.8 Å². The van der Waals surface area contributed by atoms with Crippen LogP contribution in [0.4, 0.5) is 0 Å². The van der Waals surface area contributed by atoms with Gasteiger partial charge in [0.05, 0.1) is 24.8 Å². The van der Waals surface area contributed by atoms with Crippen LogP contribution in [-0.2, 0) is 10.3 Å². The summed E-state index contributed by atoms with van der Waals surface area (Å²) < 4.78 is 5.31. The average molecular weight is 278 g/mol. The molecular weight excluding hydrogens is 264 g/mol. The minimum Gasteiger partial charge on any atom is -0.376 e. The molecule has 4 heteroatoms. The Morgan fingerprint density at radius 2 is 1.76 bits per heavy atom. The molecule has 0 aromatic heterocycles. The lowest BCUT2D eigenvalue weighted by atomic mass is 9.87. The maximum atomic E-state index is 12.4. The molecule has 21 heavy (non-hydrogen) atoms. The van der Waals surface area contributed by atoms with Crippen molar-refractivity contribution in [1.82, 2.24) is 5.32 Å². The normalized spacial score (nSPS) is 15.6. The van der Waals surface area contributed by atoms with Gasteiger partial charge in [0.15, 0.2) is 0 Å². The molecule has 0 atom stereocenters. The van der Waals surface area contributed by atoms with Gasteiger partial charge in [-0.3, -0.25) is 4.79 Å². The monoisotopic (exact) mass is 278 g/mol. The van der Waals surface area contributed by atoms with Crippen molar-refractivity contribution in [3.63, 3.8) is 0 Å². The summed E-state index contributed by atoms with van der Waals surface area (Å²) in [5.74, 6) is -0.161. The van der Waals surface area contributed by atoms with E-state index in [1.165, 1.54) is 0 Å². The minimum absolute atomic E-state index is 0.161. The van der Waals surface area contributed by atoms with Crippen LogP contribution in [0.2, 0.25) is 0 Å². The van der Waals surface area contributed by atoms with Crippen molar-refractivity contribution >= 4 is 5.91 Å². The Morgan fingerprint density at radius 1 is 1.10 bits per heavy atom. The van der Waals surface area contributed by atoms with Crippen LogP contribution in [0.25, 0.3) is 0 Å². The number of hydrogen-bond acceptors (Lipinski definition) is 3. The second kappa shape index (κ2) is 5.39. The van der Waals surface area contributed by atoms with E-state index < -0.39 is 5.54 Å². The van der Waals surface area contributed by atoms with Gasteiger partial charge < -0.3 is 10.1 Å². The molecule has 0 spiro atoms. The molecule has 0 aliphatic carbocycles. The number of benzene rings is 2. The van der Waals surface area contributed by atoms with Gasteiger partial charge in [-0.25, -0.2) is 0 Å². The summed E-state index contributed by atoms with van der Waals surface area (Å²) in [5.41, 5.74) is 1.66. The van der Waals surface area contributed by atoms with Crippen molar-refractivity contribution in [2.45, 2.75) is 5.54 Å². The Hall–Kier alpha value is -2.64. The SMILES string of the molecule is N#Cc1ccc(C(=O)NC2(c3ccccc3)COC2)cc1. The fourth-order valence-electron chi connectivity index (χ4n) is 2.36. The first kappa shape index (κ1) is 13.3. The maximum Gasteiger partial charge on any atom is 0.252 e. The molecule has 1 aliphatic heterocycles. The summed E-state index contributed by atoms with van der Waals surface area (Å²) in [7, 11) is 0. The Balaban J connectivity index is 1.81. The third-order valence-electron chi connectivity index (χ3n) is 3.65. The van der Waals surface area contributed by atoms with Crippen LogP contribution in [-0.4, -0.2) is 19.1 Å². The highest BCUT2D eigenvalue weighted by molar-refractivity contribution is 5.95. The number of carbonyl (C=O) groups excluding carboxylic acids is 1. The van der Waals surface area contributed by atoms with Crippen molar-refractivity contribution in [2.24, 2.45) is 0 Å². The van der Waals surface area contributed by atoms with Gasteiger partial charge in [-0.1, -0.05) is 30.3 Å². The Morgan fingerprint density at radius 3 is 2.29 bits per heavy atom. The molecule has 104 valence electrons. The molecule has 2 aromatic rings. The van der Waals surface area contributed by atoms with Crippen LogP contribution < -0.4 is 5.32 Å². The third-order valence-corrected chi connectivity index (χ3v) is 3.65. The summed E-state index contributed by atoms with van der Waals surface area (Å²) in [5, 5.41) is 11.8. The molecule has 0 unspecified atom stereocenters. The maximum absolute atomic E-state index is 12.4. The number of nitrogens with zero attached hydrogens (tertiary/aromatic N) is 1. The molecule has 1 fully saturated rings. The number of amides is 1. The van der Waals surface area contributed by atoms with E-state index in [0.29, 0.717) is 24.3 Å². The van der Waals surface area contributed by atoms with Gasteiger partial charge in [0.2, 0.25) is 0 Å². The van der Waals surface area contributed by atoms with E-state index in [1.807, 2.05) is 36.4 Å². The Bertz CT molecular complexity index is 683. The number of hydrogen-bond donors (Lipinski definition) is 1. The second-order valence-electron chi connectivity index (χ2n) is 5.08. The van der Waals surface area contributed by atoms with Gasteiger partial charge in [0.1, 0.15) is 5.54 Å². The van der Waals surface area contributed by atoms with Crippen molar-refractivity contribution in [2.75, 3.05) is 13.2 Å². The Labute approximate surface area is 123 Å². The molecule has 1 amide bonds. The van der Waals surface area contributed by atoms with Gasteiger partial charge in [-0.15, -0.1) is 0 Å². The number of nitrogens with one attached hydrogen (secondary N) is 1. The molecular formula is C17H14N2O2. The van der Waals surface area contributed by atoms with Crippen molar-refractivity contribution in [3.05, 3.63) is 71.3 Å². The van der Waals surface area contributed by atoms with E-state index in [4.69, 9.17) is 10.00 Å². The van der Waals surface area contributed by atoms with Crippen molar-refractivity contribution in [3.8, 4) is 6.07 Å². The number of carbonyl (C=O) groups is 1. The molecule has 1 N–H and O–H groups in total. The highest BCUT2D eigenvalue weighted by Gasteiger charge is 2.41. The molecule has 0 radical (unpaired) electrons. The molecule has 0 saturated carbocycles. The molecule has 2 aromatic carbocycles. The zero-order valence-corrected chi connectivity index (χ0v) is 11.4.